The Labute approximate surface area is 147 Å². The van der Waals surface area contributed by atoms with Crippen molar-refractivity contribution in [2.75, 3.05) is 6.54 Å². The molecule has 128 valence electrons. The minimum atomic E-state index is -3.70. The average Bonchev–Trinajstić information content (AvgIpc) is 2.59. The third kappa shape index (κ3) is 5.33. The van der Waals surface area contributed by atoms with Crippen LogP contribution < -0.4 is 10.0 Å². The van der Waals surface area contributed by atoms with Crippen LogP contribution in [0.5, 0.6) is 0 Å². The fourth-order valence-corrected chi connectivity index (χ4v) is 3.12. The Morgan fingerprint density at radius 2 is 1.58 bits per heavy atom. The minimum absolute atomic E-state index is 0.144. The quantitative estimate of drug-likeness (QED) is 0.790. The largest absolute Gasteiger partial charge is 0.351 e. The summed E-state index contributed by atoms with van der Waals surface area (Å²) in [5.41, 5.74) is 1.93. The van der Waals surface area contributed by atoms with E-state index < -0.39 is 15.9 Å². The zero-order valence-electron chi connectivity index (χ0n) is 13.3. The van der Waals surface area contributed by atoms with E-state index >= 15 is 0 Å². The molecule has 0 saturated heterocycles. The van der Waals surface area contributed by atoms with Crippen molar-refractivity contribution in [2.45, 2.75) is 24.8 Å². The van der Waals surface area contributed by atoms with E-state index in [0.29, 0.717) is 11.6 Å². The van der Waals surface area contributed by atoms with Gasteiger partial charge in [0, 0.05) is 11.6 Å². The standard InChI is InChI=1S/C17H19ClN2O3S/c1-2-13-5-9-16(10-6-13)24(22,23)20-12-17(21)19-11-14-3-7-15(18)8-4-14/h3-10,20H,2,11-12H2,1H3,(H,19,21). The molecular formula is C17H19ClN2O3S. The molecule has 0 fully saturated rings. The van der Waals surface area contributed by atoms with Gasteiger partial charge in [-0.15, -0.1) is 0 Å². The second-order valence-electron chi connectivity index (χ2n) is 5.23. The molecule has 0 aromatic heterocycles. The van der Waals surface area contributed by atoms with Gasteiger partial charge < -0.3 is 5.32 Å². The van der Waals surface area contributed by atoms with E-state index in [1.54, 1.807) is 36.4 Å². The molecule has 24 heavy (non-hydrogen) atoms. The first-order valence-corrected chi connectivity index (χ1v) is 9.36. The number of benzene rings is 2. The number of carbonyl (C=O) groups is 1. The van der Waals surface area contributed by atoms with Crippen LogP contribution in [0, 0.1) is 0 Å². The van der Waals surface area contributed by atoms with Crippen molar-refractivity contribution in [1.29, 1.82) is 0 Å². The molecule has 2 aromatic carbocycles. The van der Waals surface area contributed by atoms with Gasteiger partial charge in [0.1, 0.15) is 0 Å². The number of rotatable bonds is 7. The molecule has 0 atom stereocenters. The lowest BCUT2D eigenvalue weighted by Crippen LogP contribution is -2.36. The molecule has 1 amide bonds. The van der Waals surface area contributed by atoms with Gasteiger partial charge in [-0.3, -0.25) is 4.79 Å². The summed E-state index contributed by atoms with van der Waals surface area (Å²) in [5.74, 6) is -0.404. The second kappa shape index (κ2) is 8.28. The maximum Gasteiger partial charge on any atom is 0.241 e. The molecule has 0 spiro atoms. The number of amides is 1. The molecule has 7 heteroatoms. The minimum Gasteiger partial charge on any atom is -0.351 e. The maximum absolute atomic E-state index is 12.1. The van der Waals surface area contributed by atoms with Crippen molar-refractivity contribution in [3.8, 4) is 0 Å². The molecule has 2 N–H and O–H groups in total. The highest BCUT2D eigenvalue weighted by Crippen LogP contribution is 2.11. The number of halogens is 1. The molecule has 0 aliphatic carbocycles. The normalized spacial score (nSPS) is 11.2. The van der Waals surface area contributed by atoms with Crippen molar-refractivity contribution in [1.82, 2.24) is 10.0 Å². The van der Waals surface area contributed by atoms with Gasteiger partial charge >= 0.3 is 0 Å². The lowest BCUT2D eigenvalue weighted by molar-refractivity contribution is -0.120. The average molecular weight is 367 g/mol. The molecule has 2 rings (SSSR count). The first-order valence-electron chi connectivity index (χ1n) is 7.50. The summed E-state index contributed by atoms with van der Waals surface area (Å²) in [5, 5.41) is 3.27. The number of sulfonamides is 1. The fourth-order valence-electron chi connectivity index (χ4n) is 2.01. The molecular weight excluding hydrogens is 348 g/mol. The van der Waals surface area contributed by atoms with Crippen LogP contribution in [0.25, 0.3) is 0 Å². The third-order valence-electron chi connectivity index (χ3n) is 3.47. The van der Waals surface area contributed by atoms with Crippen LogP contribution in [0.2, 0.25) is 5.02 Å². The third-order valence-corrected chi connectivity index (χ3v) is 5.14. The smallest absolute Gasteiger partial charge is 0.241 e. The summed E-state index contributed by atoms with van der Waals surface area (Å²) in [6.45, 7) is 1.99. The first kappa shape index (κ1) is 18.4. The molecule has 0 saturated carbocycles. The van der Waals surface area contributed by atoms with E-state index in [0.717, 1.165) is 17.5 Å². The van der Waals surface area contributed by atoms with Crippen molar-refractivity contribution in [2.24, 2.45) is 0 Å². The zero-order chi connectivity index (χ0) is 17.6. The summed E-state index contributed by atoms with van der Waals surface area (Å²) < 4.78 is 26.6. The SMILES string of the molecule is CCc1ccc(S(=O)(=O)NCC(=O)NCc2ccc(Cl)cc2)cc1. The molecule has 0 radical (unpaired) electrons. The van der Waals surface area contributed by atoms with Crippen LogP contribution in [0.15, 0.2) is 53.4 Å². The van der Waals surface area contributed by atoms with Crippen LogP contribution in [-0.2, 0) is 27.8 Å². The first-order chi connectivity index (χ1) is 11.4. The molecule has 2 aromatic rings. The van der Waals surface area contributed by atoms with Crippen LogP contribution in [-0.4, -0.2) is 20.9 Å². The van der Waals surface area contributed by atoms with E-state index in [1.165, 1.54) is 12.1 Å². The van der Waals surface area contributed by atoms with Crippen LogP contribution >= 0.6 is 11.6 Å². The Morgan fingerprint density at radius 1 is 1.00 bits per heavy atom. The van der Waals surface area contributed by atoms with E-state index in [1.807, 2.05) is 6.92 Å². The predicted molar refractivity (Wildman–Crippen MR) is 94.3 cm³/mol. The Balaban J connectivity index is 1.86. The van der Waals surface area contributed by atoms with Crippen LogP contribution in [0.1, 0.15) is 18.1 Å². The van der Waals surface area contributed by atoms with Crippen molar-refractivity contribution in [3.63, 3.8) is 0 Å². The molecule has 0 unspecified atom stereocenters. The number of nitrogens with one attached hydrogen (secondary N) is 2. The lowest BCUT2D eigenvalue weighted by atomic mass is 10.2. The Hall–Kier alpha value is -1.89. The highest BCUT2D eigenvalue weighted by molar-refractivity contribution is 7.89. The van der Waals surface area contributed by atoms with Gasteiger partial charge in [0.15, 0.2) is 0 Å². The molecule has 0 bridgehead atoms. The number of carbonyl (C=O) groups excluding carboxylic acids is 1. The zero-order valence-corrected chi connectivity index (χ0v) is 14.8. The monoisotopic (exact) mass is 366 g/mol. The van der Waals surface area contributed by atoms with Crippen molar-refractivity contribution >= 4 is 27.5 Å². The highest BCUT2D eigenvalue weighted by atomic mass is 35.5. The number of aryl methyl sites for hydroxylation is 1. The van der Waals surface area contributed by atoms with Gasteiger partial charge in [0.05, 0.1) is 11.4 Å². The number of hydrogen-bond donors (Lipinski definition) is 2. The van der Waals surface area contributed by atoms with Crippen LogP contribution in [0.4, 0.5) is 0 Å². The number of hydrogen-bond acceptors (Lipinski definition) is 3. The Morgan fingerprint density at radius 3 is 2.17 bits per heavy atom. The molecule has 0 heterocycles. The summed E-state index contributed by atoms with van der Waals surface area (Å²) in [6.07, 6.45) is 0.834. The Bertz CT molecular complexity index is 788. The van der Waals surface area contributed by atoms with Crippen molar-refractivity contribution < 1.29 is 13.2 Å². The molecule has 5 nitrogen and oxygen atoms in total. The van der Waals surface area contributed by atoms with Gasteiger partial charge in [-0.2, -0.15) is 0 Å². The summed E-state index contributed by atoms with van der Waals surface area (Å²) in [6, 6.07) is 13.6. The van der Waals surface area contributed by atoms with Gasteiger partial charge in [0.25, 0.3) is 0 Å². The summed E-state index contributed by atoms with van der Waals surface area (Å²) >= 11 is 5.79. The fraction of sp³-hybridized carbons (Fsp3) is 0.235. The lowest BCUT2D eigenvalue weighted by Gasteiger charge is -2.08. The van der Waals surface area contributed by atoms with Gasteiger partial charge in [-0.05, 0) is 41.8 Å². The topological polar surface area (TPSA) is 75.3 Å². The van der Waals surface area contributed by atoms with Gasteiger partial charge in [-0.1, -0.05) is 42.8 Å². The van der Waals surface area contributed by atoms with E-state index in [9.17, 15) is 13.2 Å². The predicted octanol–water partition coefficient (Wildman–Crippen LogP) is 2.50. The van der Waals surface area contributed by atoms with Gasteiger partial charge in [0.2, 0.25) is 15.9 Å². The maximum atomic E-state index is 12.1. The summed E-state index contributed by atoms with van der Waals surface area (Å²) in [4.78, 5) is 11.9. The van der Waals surface area contributed by atoms with Crippen molar-refractivity contribution in [3.05, 3.63) is 64.7 Å². The van der Waals surface area contributed by atoms with E-state index in [4.69, 9.17) is 11.6 Å². The molecule has 0 aliphatic heterocycles. The van der Waals surface area contributed by atoms with E-state index in [2.05, 4.69) is 10.0 Å². The van der Waals surface area contributed by atoms with E-state index in [-0.39, 0.29) is 11.4 Å². The van der Waals surface area contributed by atoms with Crippen LogP contribution in [0.3, 0.4) is 0 Å². The summed E-state index contributed by atoms with van der Waals surface area (Å²) in [7, 11) is -3.70. The van der Waals surface area contributed by atoms with Gasteiger partial charge in [-0.25, -0.2) is 13.1 Å². The second-order valence-corrected chi connectivity index (χ2v) is 7.43. The highest BCUT2D eigenvalue weighted by Gasteiger charge is 2.15. The molecule has 0 aliphatic rings. The Kier molecular flexibility index (Phi) is 6.36.